The van der Waals surface area contributed by atoms with Crippen LogP contribution in [0.5, 0.6) is 5.75 Å². The molecule has 5 N–H and O–H groups in total. The van der Waals surface area contributed by atoms with Crippen molar-refractivity contribution < 1.29 is 33.5 Å². The van der Waals surface area contributed by atoms with E-state index in [-0.39, 0.29) is 55.8 Å². The van der Waals surface area contributed by atoms with Crippen LogP contribution in [0.25, 0.3) is 0 Å². The summed E-state index contributed by atoms with van der Waals surface area (Å²) in [4.78, 5) is 73.6. The van der Waals surface area contributed by atoms with Crippen molar-refractivity contribution in [3.63, 3.8) is 0 Å². The molecule has 0 aromatic heterocycles. The Morgan fingerprint density at radius 3 is 2.16 bits per heavy atom. The number of carbonyl (C=O) groups excluding carboxylic acids is 5. The van der Waals surface area contributed by atoms with Crippen molar-refractivity contribution >= 4 is 58.4 Å². The lowest BCUT2D eigenvalue weighted by atomic mass is 9.92. The molecule has 15 heteroatoms. The van der Waals surface area contributed by atoms with Gasteiger partial charge in [-0.2, -0.15) is 0 Å². The minimum absolute atomic E-state index is 0.0576. The van der Waals surface area contributed by atoms with Crippen LogP contribution in [0, 0.1) is 19.7 Å². The van der Waals surface area contributed by atoms with Gasteiger partial charge in [0.1, 0.15) is 23.7 Å². The topological polar surface area (TPSA) is 165 Å². The van der Waals surface area contributed by atoms with Crippen molar-refractivity contribution in [3.05, 3.63) is 128 Å². The Balaban J connectivity index is 1.13. The number of phenols is 1. The van der Waals surface area contributed by atoms with Gasteiger partial charge in [0.25, 0.3) is 0 Å². The first-order valence-electron chi connectivity index (χ1n) is 20.4. The summed E-state index contributed by atoms with van der Waals surface area (Å²) in [6.45, 7) is 5.57. The normalized spacial score (nSPS) is 16.3. The molecule has 2 heterocycles. The Kier molecular flexibility index (Phi) is 14.7. The average molecular weight is 874 g/mol. The van der Waals surface area contributed by atoms with Gasteiger partial charge in [-0.1, -0.05) is 78.7 Å². The van der Waals surface area contributed by atoms with E-state index in [0.717, 1.165) is 16.7 Å². The second kappa shape index (κ2) is 19.9. The van der Waals surface area contributed by atoms with E-state index in [2.05, 4.69) is 10.6 Å². The van der Waals surface area contributed by atoms with E-state index in [1.165, 1.54) is 17.0 Å². The fourth-order valence-electron chi connectivity index (χ4n) is 8.22. The van der Waals surface area contributed by atoms with Gasteiger partial charge in [-0.15, -0.1) is 0 Å². The van der Waals surface area contributed by atoms with Gasteiger partial charge in [0.05, 0.1) is 22.6 Å². The van der Waals surface area contributed by atoms with Gasteiger partial charge in [0, 0.05) is 50.6 Å². The minimum atomic E-state index is -1.06. The molecule has 0 unspecified atom stereocenters. The number of anilines is 1. The minimum Gasteiger partial charge on any atom is -0.507 e. The molecule has 2 aliphatic rings. The molecule has 61 heavy (non-hydrogen) atoms. The maximum absolute atomic E-state index is 14.2. The van der Waals surface area contributed by atoms with Gasteiger partial charge in [-0.05, 0) is 96.8 Å². The molecule has 0 spiro atoms. The van der Waals surface area contributed by atoms with E-state index < -0.39 is 48.2 Å². The highest BCUT2D eigenvalue weighted by Crippen LogP contribution is 2.32. The highest BCUT2D eigenvalue weighted by molar-refractivity contribution is 6.42. The van der Waals surface area contributed by atoms with Crippen LogP contribution in [0.2, 0.25) is 10.0 Å². The van der Waals surface area contributed by atoms with Crippen LogP contribution in [-0.2, 0) is 49.8 Å². The molecule has 0 radical (unpaired) electrons. The Hall–Kier alpha value is -5.50. The SMILES string of the molecule is CCC(=O)N(c1ccc(Cl)c(Cl)c1)C1CCN(C(=O)[C@H](Cc2ccc(F)cc2)NC(=O)CNC(=O)[C@H]2Cc3ccccc3CN2C(=O)[C@@H](N)Cc2cc(C)c(O)c(C)c2)CC1. The summed E-state index contributed by atoms with van der Waals surface area (Å²) in [7, 11) is 0. The molecule has 0 bridgehead atoms. The number of nitrogens with zero attached hydrogens (tertiary/aromatic N) is 3. The summed E-state index contributed by atoms with van der Waals surface area (Å²) in [6, 6.07) is 18.5. The number of likely N-dealkylation sites (tertiary alicyclic amines) is 1. The number of halogens is 3. The first kappa shape index (κ1) is 45.0. The third-order valence-electron chi connectivity index (χ3n) is 11.5. The highest BCUT2D eigenvalue weighted by atomic mass is 35.5. The van der Waals surface area contributed by atoms with Crippen LogP contribution >= 0.6 is 23.2 Å². The van der Waals surface area contributed by atoms with Crippen molar-refractivity contribution in [3.8, 4) is 5.75 Å². The van der Waals surface area contributed by atoms with E-state index in [0.29, 0.717) is 58.4 Å². The molecule has 1 fully saturated rings. The van der Waals surface area contributed by atoms with E-state index >= 15 is 0 Å². The van der Waals surface area contributed by atoms with E-state index in [4.69, 9.17) is 28.9 Å². The summed E-state index contributed by atoms with van der Waals surface area (Å²) in [5.41, 5.74) is 11.6. The van der Waals surface area contributed by atoms with Crippen LogP contribution < -0.4 is 21.3 Å². The van der Waals surface area contributed by atoms with Gasteiger partial charge < -0.3 is 36.2 Å². The molecular formula is C46H51Cl2FN6O6. The van der Waals surface area contributed by atoms with E-state index in [1.54, 1.807) is 73.0 Å². The van der Waals surface area contributed by atoms with Gasteiger partial charge in [0.2, 0.25) is 29.5 Å². The van der Waals surface area contributed by atoms with Gasteiger partial charge in [-0.3, -0.25) is 24.0 Å². The Bertz CT molecular complexity index is 2260. The second-order valence-corrected chi connectivity index (χ2v) is 16.6. The first-order valence-corrected chi connectivity index (χ1v) is 21.2. The molecule has 4 aromatic carbocycles. The third-order valence-corrected chi connectivity index (χ3v) is 12.2. The number of nitrogens with one attached hydrogen (secondary N) is 2. The quantitative estimate of drug-likeness (QED) is 0.137. The fourth-order valence-corrected chi connectivity index (χ4v) is 8.51. The average Bonchev–Trinajstić information content (AvgIpc) is 3.25. The number of piperidine rings is 1. The summed E-state index contributed by atoms with van der Waals surface area (Å²) in [5.74, 6) is -2.35. The number of phenolic OH excluding ortho intramolecular Hbond substituents is 1. The van der Waals surface area contributed by atoms with Crippen molar-refractivity contribution in [1.82, 2.24) is 20.4 Å². The zero-order valence-corrected chi connectivity index (χ0v) is 35.9. The summed E-state index contributed by atoms with van der Waals surface area (Å²) in [5, 5.41) is 16.4. The van der Waals surface area contributed by atoms with Crippen LogP contribution in [0.4, 0.5) is 10.1 Å². The molecule has 0 saturated carbocycles. The van der Waals surface area contributed by atoms with Gasteiger partial charge in [-0.25, -0.2) is 4.39 Å². The van der Waals surface area contributed by atoms with Gasteiger partial charge in [0.15, 0.2) is 0 Å². The largest absolute Gasteiger partial charge is 0.507 e. The predicted molar refractivity (Wildman–Crippen MR) is 233 cm³/mol. The van der Waals surface area contributed by atoms with Crippen molar-refractivity contribution in [1.29, 1.82) is 0 Å². The number of aromatic hydroxyl groups is 1. The number of carbonyl (C=O) groups is 5. The maximum atomic E-state index is 14.2. The number of hydrogen-bond donors (Lipinski definition) is 4. The molecule has 5 amide bonds. The smallest absolute Gasteiger partial charge is 0.245 e. The number of aryl methyl sites for hydroxylation is 2. The number of hydrogen-bond acceptors (Lipinski definition) is 7. The number of amides is 5. The molecule has 322 valence electrons. The fraction of sp³-hybridized carbons (Fsp3) is 0.370. The van der Waals surface area contributed by atoms with Crippen LogP contribution in [-0.4, -0.2) is 88.2 Å². The van der Waals surface area contributed by atoms with Crippen molar-refractivity contribution in [2.75, 3.05) is 24.5 Å². The monoisotopic (exact) mass is 872 g/mol. The Morgan fingerprint density at radius 2 is 1.52 bits per heavy atom. The lowest BCUT2D eigenvalue weighted by Gasteiger charge is -2.39. The Morgan fingerprint density at radius 1 is 0.869 bits per heavy atom. The van der Waals surface area contributed by atoms with Crippen molar-refractivity contribution in [2.24, 2.45) is 5.73 Å². The zero-order chi connectivity index (χ0) is 44.0. The lowest BCUT2D eigenvalue weighted by molar-refractivity contribution is -0.143. The number of rotatable bonds is 13. The molecule has 4 aromatic rings. The molecule has 12 nitrogen and oxygen atoms in total. The molecule has 0 aliphatic carbocycles. The van der Waals surface area contributed by atoms with Crippen LogP contribution in [0.15, 0.2) is 78.9 Å². The van der Waals surface area contributed by atoms with Crippen LogP contribution in [0.1, 0.15) is 59.6 Å². The first-order chi connectivity index (χ1) is 29.1. The standard InChI is InChI=1S/C46H51Cl2FN6O6/c1-4-42(57)55(35-13-14-36(47)37(48)24-35)34-15-17-53(18-16-34)46(61)39(22-29-9-11-33(49)12-10-29)52-41(56)25-51-44(59)40-23-31-7-5-6-8-32(31)26-54(40)45(60)38(50)21-30-19-27(2)43(58)28(3)20-30/h5-14,19-20,24,34,38-40,58H,4,15-18,21-23,25-26,50H2,1-3H3,(H,51,59)(H,52,56)/t38-,39-,40+/m0/s1. The number of benzene rings is 4. The summed E-state index contributed by atoms with van der Waals surface area (Å²) in [6.07, 6.45) is 1.63. The highest BCUT2D eigenvalue weighted by Gasteiger charge is 2.38. The lowest BCUT2D eigenvalue weighted by Crippen LogP contribution is -2.58. The molecular weight excluding hydrogens is 822 g/mol. The predicted octanol–water partition coefficient (Wildman–Crippen LogP) is 5.56. The molecule has 1 saturated heterocycles. The van der Waals surface area contributed by atoms with Crippen LogP contribution in [0.3, 0.4) is 0 Å². The molecule has 3 atom stereocenters. The summed E-state index contributed by atoms with van der Waals surface area (Å²) >= 11 is 12.4. The zero-order valence-electron chi connectivity index (χ0n) is 34.4. The van der Waals surface area contributed by atoms with Gasteiger partial charge >= 0.3 is 0 Å². The third kappa shape index (κ3) is 10.9. The number of nitrogens with two attached hydrogens (primary N) is 1. The summed E-state index contributed by atoms with van der Waals surface area (Å²) < 4.78 is 13.8. The Labute approximate surface area is 365 Å². The van der Waals surface area contributed by atoms with E-state index in [9.17, 15) is 33.5 Å². The molecule has 6 rings (SSSR count). The molecule has 2 aliphatic heterocycles. The number of fused-ring (bicyclic) bond motifs is 1. The van der Waals surface area contributed by atoms with E-state index in [1.807, 2.05) is 24.3 Å². The second-order valence-electron chi connectivity index (χ2n) is 15.8. The maximum Gasteiger partial charge on any atom is 0.245 e. The van der Waals surface area contributed by atoms with Crippen molar-refractivity contribution in [2.45, 2.75) is 90.0 Å².